The molecule has 2 aromatic rings. The van der Waals surface area contributed by atoms with Crippen LogP contribution in [-0.2, 0) is 6.42 Å². The van der Waals surface area contributed by atoms with Gasteiger partial charge in [-0.05, 0) is 18.7 Å². The molecule has 2 N–H and O–H groups in total. The highest BCUT2D eigenvalue weighted by atomic mass is 16.3. The highest BCUT2D eigenvalue weighted by molar-refractivity contribution is 5.77. The number of rotatable bonds is 6. The molecule has 0 aliphatic heterocycles. The van der Waals surface area contributed by atoms with Gasteiger partial charge in [-0.2, -0.15) is 0 Å². The number of hydrogen-bond donors (Lipinski definition) is 2. The van der Waals surface area contributed by atoms with E-state index in [9.17, 15) is 4.79 Å². The van der Waals surface area contributed by atoms with Crippen LogP contribution >= 0.6 is 0 Å². The molecule has 2 rings (SSSR count). The first-order chi connectivity index (χ1) is 9.24. The van der Waals surface area contributed by atoms with Crippen LogP contribution in [0.3, 0.4) is 0 Å². The van der Waals surface area contributed by atoms with Crippen molar-refractivity contribution >= 4 is 10.9 Å². The maximum absolute atomic E-state index is 11.9. The number of likely N-dealkylation sites (N-methyl/N-ethyl adjacent to an activating group) is 1. The Morgan fingerprint density at radius 2 is 2.11 bits per heavy atom. The van der Waals surface area contributed by atoms with Crippen LogP contribution in [0.4, 0.5) is 0 Å². The average molecular weight is 261 g/mol. The van der Waals surface area contributed by atoms with Crippen LogP contribution < -0.4 is 5.56 Å². The summed E-state index contributed by atoms with van der Waals surface area (Å²) in [6.07, 6.45) is 0.675. The number of aliphatic hydroxyl groups excluding tert-OH is 1. The van der Waals surface area contributed by atoms with Crippen molar-refractivity contribution in [2.45, 2.75) is 13.3 Å². The lowest BCUT2D eigenvalue weighted by Gasteiger charge is -2.18. The van der Waals surface area contributed by atoms with E-state index in [2.05, 4.69) is 14.9 Å². The normalized spacial score (nSPS) is 11.3. The van der Waals surface area contributed by atoms with Gasteiger partial charge in [0.1, 0.15) is 5.82 Å². The Morgan fingerprint density at radius 3 is 2.84 bits per heavy atom. The summed E-state index contributed by atoms with van der Waals surface area (Å²) < 4.78 is 0. The molecule has 0 saturated heterocycles. The number of aromatic nitrogens is 2. The molecular formula is C14H19N3O2. The van der Waals surface area contributed by atoms with E-state index in [0.29, 0.717) is 24.2 Å². The van der Waals surface area contributed by atoms with Gasteiger partial charge in [0.25, 0.3) is 5.56 Å². The molecule has 1 aromatic heterocycles. The van der Waals surface area contributed by atoms with Gasteiger partial charge in [0.15, 0.2) is 0 Å². The maximum Gasteiger partial charge on any atom is 0.258 e. The molecule has 1 heterocycles. The Kier molecular flexibility index (Phi) is 4.65. The Hall–Kier alpha value is -1.72. The Labute approximate surface area is 111 Å². The fraction of sp³-hybridized carbons (Fsp3) is 0.429. The molecule has 0 aliphatic rings. The highest BCUT2D eigenvalue weighted by Gasteiger charge is 2.06. The van der Waals surface area contributed by atoms with Crippen molar-refractivity contribution in [1.82, 2.24) is 14.9 Å². The molecule has 5 heteroatoms. The minimum absolute atomic E-state index is 0.0918. The van der Waals surface area contributed by atoms with E-state index < -0.39 is 0 Å². The third kappa shape index (κ3) is 3.39. The van der Waals surface area contributed by atoms with Gasteiger partial charge in [0.05, 0.1) is 17.5 Å². The lowest BCUT2D eigenvalue weighted by molar-refractivity contribution is 0.203. The highest BCUT2D eigenvalue weighted by Crippen LogP contribution is 2.06. The van der Waals surface area contributed by atoms with E-state index >= 15 is 0 Å². The molecule has 0 radical (unpaired) electrons. The zero-order valence-corrected chi connectivity index (χ0v) is 11.1. The summed E-state index contributed by atoms with van der Waals surface area (Å²) in [7, 11) is 0. The molecule has 0 fully saturated rings. The van der Waals surface area contributed by atoms with Crippen LogP contribution in [0.2, 0.25) is 0 Å². The number of hydrogen-bond acceptors (Lipinski definition) is 4. The summed E-state index contributed by atoms with van der Waals surface area (Å²) in [4.78, 5) is 21.3. The summed E-state index contributed by atoms with van der Waals surface area (Å²) in [6, 6.07) is 7.33. The topological polar surface area (TPSA) is 69.2 Å². The van der Waals surface area contributed by atoms with Crippen LogP contribution in [0.15, 0.2) is 29.1 Å². The Balaban J connectivity index is 2.15. The molecule has 0 atom stereocenters. The van der Waals surface area contributed by atoms with E-state index in [1.54, 1.807) is 6.07 Å². The summed E-state index contributed by atoms with van der Waals surface area (Å²) in [5.41, 5.74) is 0.636. The van der Waals surface area contributed by atoms with Gasteiger partial charge in [0, 0.05) is 19.5 Å². The first-order valence-corrected chi connectivity index (χ1v) is 6.55. The molecule has 5 nitrogen and oxygen atoms in total. The van der Waals surface area contributed by atoms with E-state index in [-0.39, 0.29) is 12.2 Å². The molecule has 19 heavy (non-hydrogen) atoms. The van der Waals surface area contributed by atoms with E-state index in [0.717, 1.165) is 18.6 Å². The zero-order valence-electron chi connectivity index (χ0n) is 11.1. The van der Waals surface area contributed by atoms with Gasteiger partial charge in [0.2, 0.25) is 0 Å². The number of aliphatic hydroxyl groups is 1. The summed E-state index contributed by atoms with van der Waals surface area (Å²) in [5.74, 6) is 0.695. The third-order valence-corrected chi connectivity index (χ3v) is 3.19. The van der Waals surface area contributed by atoms with Crippen molar-refractivity contribution < 1.29 is 5.11 Å². The van der Waals surface area contributed by atoms with Crippen molar-refractivity contribution in [3.8, 4) is 0 Å². The molecule has 0 unspecified atom stereocenters. The molecule has 1 aromatic carbocycles. The fourth-order valence-corrected chi connectivity index (χ4v) is 2.09. The molecular weight excluding hydrogens is 242 g/mol. The molecule has 0 bridgehead atoms. The van der Waals surface area contributed by atoms with Gasteiger partial charge in [-0.1, -0.05) is 19.1 Å². The number of fused-ring (bicyclic) bond motifs is 1. The largest absolute Gasteiger partial charge is 0.395 e. The van der Waals surface area contributed by atoms with Crippen LogP contribution in [0, 0.1) is 0 Å². The van der Waals surface area contributed by atoms with E-state index in [4.69, 9.17) is 5.11 Å². The minimum Gasteiger partial charge on any atom is -0.395 e. The summed E-state index contributed by atoms with van der Waals surface area (Å²) >= 11 is 0. The van der Waals surface area contributed by atoms with Gasteiger partial charge < -0.3 is 15.0 Å². The Morgan fingerprint density at radius 1 is 1.32 bits per heavy atom. The number of benzene rings is 1. The first kappa shape index (κ1) is 13.7. The Bertz CT molecular complexity index is 595. The SMILES string of the molecule is CCN(CCO)CCc1nc2ccccc2c(=O)[nH]1. The average Bonchev–Trinajstić information content (AvgIpc) is 2.43. The predicted molar refractivity (Wildman–Crippen MR) is 75.3 cm³/mol. The van der Waals surface area contributed by atoms with Crippen LogP contribution in [0.25, 0.3) is 10.9 Å². The van der Waals surface area contributed by atoms with Gasteiger partial charge >= 0.3 is 0 Å². The van der Waals surface area contributed by atoms with E-state index in [1.807, 2.05) is 25.1 Å². The second-order valence-corrected chi connectivity index (χ2v) is 4.44. The standard InChI is InChI=1S/C14H19N3O2/c1-2-17(9-10-18)8-7-13-15-12-6-4-3-5-11(12)14(19)16-13/h3-6,18H,2,7-10H2,1H3,(H,15,16,19). The number of nitrogens with one attached hydrogen (secondary N) is 1. The lowest BCUT2D eigenvalue weighted by atomic mass is 10.2. The molecule has 0 spiro atoms. The number of nitrogens with zero attached hydrogens (tertiary/aromatic N) is 2. The lowest BCUT2D eigenvalue weighted by Crippen LogP contribution is -2.29. The predicted octanol–water partition coefficient (Wildman–Crippen LogP) is 0.780. The minimum atomic E-state index is -0.0918. The molecule has 0 amide bonds. The summed E-state index contributed by atoms with van der Waals surface area (Å²) in [6.45, 7) is 4.49. The number of para-hydroxylation sites is 1. The fourth-order valence-electron chi connectivity index (χ4n) is 2.09. The monoisotopic (exact) mass is 261 g/mol. The van der Waals surface area contributed by atoms with Gasteiger partial charge in [-0.3, -0.25) is 4.79 Å². The van der Waals surface area contributed by atoms with Crippen molar-refractivity contribution in [2.24, 2.45) is 0 Å². The van der Waals surface area contributed by atoms with Crippen LogP contribution in [-0.4, -0.2) is 46.2 Å². The third-order valence-electron chi connectivity index (χ3n) is 3.19. The summed E-state index contributed by atoms with van der Waals surface area (Å²) in [5, 5.41) is 9.55. The quantitative estimate of drug-likeness (QED) is 0.806. The molecule has 0 saturated carbocycles. The van der Waals surface area contributed by atoms with Crippen LogP contribution in [0.1, 0.15) is 12.7 Å². The van der Waals surface area contributed by atoms with Crippen molar-refractivity contribution in [2.75, 3.05) is 26.2 Å². The maximum atomic E-state index is 11.9. The second kappa shape index (κ2) is 6.45. The first-order valence-electron chi connectivity index (χ1n) is 6.55. The van der Waals surface area contributed by atoms with Crippen molar-refractivity contribution in [1.29, 1.82) is 0 Å². The number of aromatic amines is 1. The smallest absolute Gasteiger partial charge is 0.258 e. The second-order valence-electron chi connectivity index (χ2n) is 4.44. The zero-order chi connectivity index (χ0) is 13.7. The van der Waals surface area contributed by atoms with E-state index in [1.165, 1.54) is 0 Å². The molecule has 0 aliphatic carbocycles. The number of H-pyrrole nitrogens is 1. The molecule has 102 valence electrons. The van der Waals surface area contributed by atoms with Crippen molar-refractivity contribution in [3.05, 3.63) is 40.4 Å². The van der Waals surface area contributed by atoms with Gasteiger partial charge in [-0.15, -0.1) is 0 Å². The van der Waals surface area contributed by atoms with Crippen LogP contribution in [0.5, 0.6) is 0 Å². The van der Waals surface area contributed by atoms with Crippen molar-refractivity contribution in [3.63, 3.8) is 0 Å². The van der Waals surface area contributed by atoms with Gasteiger partial charge in [-0.25, -0.2) is 4.98 Å².